The molecule has 1 saturated heterocycles. The number of nitrogens with zero attached hydrogens (tertiary/aromatic N) is 1. The summed E-state index contributed by atoms with van der Waals surface area (Å²) in [6.45, 7) is 5.36. The fourth-order valence-corrected chi connectivity index (χ4v) is 3.36. The molecule has 4 nitrogen and oxygen atoms in total. The van der Waals surface area contributed by atoms with Crippen molar-refractivity contribution in [3.05, 3.63) is 22.2 Å². The maximum Gasteiger partial charge on any atom is 0.337 e. The lowest BCUT2D eigenvalue weighted by Crippen LogP contribution is -2.33. The van der Waals surface area contributed by atoms with Gasteiger partial charge in [-0.2, -0.15) is 0 Å². The number of carbonyl (C=O) groups is 1. The van der Waals surface area contributed by atoms with E-state index in [1.54, 1.807) is 12.1 Å². The third kappa shape index (κ3) is 2.71. The first-order valence-corrected chi connectivity index (χ1v) is 7.30. The van der Waals surface area contributed by atoms with Crippen LogP contribution in [-0.4, -0.2) is 23.7 Å². The van der Waals surface area contributed by atoms with E-state index in [1.807, 2.05) is 0 Å². The molecule has 19 heavy (non-hydrogen) atoms. The standard InChI is InChI=1S/C14H19BrN2O2/c1-8(2)12-4-3-5-17(12)13-6-9(14(18)19)11(16)7-10(13)15/h6-8,12H,3-5,16H2,1-2H3,(H,18,19). The van der Waals surface area contributed by atoms with E-state index in [0.717, 1.165) is 29.5 Å². The normalized spacial score (nSPS) is 19.2. The highest BCUT2D eigenvalue weighted by molar-refractivity contribution is 9.10. The third-order valence-corrected chi connectivity index (χ3v) is 4.36. The summed E-state index contributed by atoms with van der Waals surface area (Å²) in [7, 11) is 0. The topological polar surface area (TPSA) is 66.6 Å². The number of carboxylic acid groups (broad SMARTS) is 1. The second-order valence-electron chi connectivity index (χ2n) is 5.34. The number of nitrogens with two attached hydrogens (primary N) is 1. The van der Waals surface area contributed by atoms with Gasteiger partial charge in [0.2, 0.25) is 0 Å². The Morgan fingerprint density at radius 2 is 2.21 bits per heavy atom. The Bertz CT molecular complexity index is 502. The smallest absolute Gasteiger partial charge is 0.337 e. The Morgan fingerprint density at radius 1 is 1.53 bits per heavy atom. The van der Waals surface area contributed by atoms with Crippen LogP contribution in [0.15, 0.2) is 16.6 Å². The van der Waals surface area contributed by atoms with Crippen LogP contribution >= 0.6 is 15.9 Å². The van der Waals surface area contributed by atoms with Crippen molar-refractivity contribution in [2.45, 2.75) is 32.7 Å². The fraction of sp³-hybridized carbons (Fsp3) is 0.500. The lowest BCUT2D eigenvalue weighted by atomic mass is 10.0. The maximum atomic E-state index is 11.2. The van der Waals surface area contributed by atoms with E-state index in [-0.39, 0.29) is 5.56 Å². The van der Waals surface area contributed by atoms with Crippen molar-refractivity contribution in [3.8, 4) is 0 Å². The Hall–Kier alpha value is -1.23. The summed E-state index contributed by atoms with van der Waals surface area (Å²) in [6.07, 6.45) is 2.29. The van der Waals surface area contributed by atoms with Crippen LogP contribution in [0, 0.1) is 5.92 Å². The highest BCUT2D eigenvalue weighted by atomic mass is 79.9. The lowest BCUT2D eigenvalue weighted by Gasteiger charge is -2.31. The molecule has 1 unspecified atom stereocenters. The molecule has 1 aromatic carbocycles. The van der Waals surface area contributed by atoms with E-state index in [1.165, 1.54) is 0 Å². The van der Waals surface area contributed by atoms with Gasteiger partial charge >= 0.3 is 5.97 Å². The molecule has 1 atom stereocenters. The lowest BCUT2D eigenvalue weighted by molar-refractivity contribution is 0.0698. The number of nitrogen functional groups attached to an aromatic ring is 1. The second-order valence-corrected chi connectivity index (χ2v) is 6.20. The minimum atomic E-state index is -0.980. The first kappa shape index (κ1) is 14.2. The summed E-state index contributed by atoms with van der Waals surface area (Å²) < 4.78 is 0.863. The molecule has 1 aromatic rings. The quantitative estimate of drug-likeness (QED) is 0.836. The molecular formula is C14H19BrN2O2. The van der Waals surface area contributed by atoms with Gasteiger partial charge in [-0.05, 0) is 46.8 Å². The van der Waals surface area contributed by atoms with Gasteiger partial charge in [-0.3, -0.25) is 0 Å². The first-order valence-electron chi connectivity index (χ1n) is 6.50. The van der Waals surface area contributed by atoms with Crippen molar-refractivity contribution in [3.63, 3.8) is 0 Å². The Labute approximate surface area is 121 Å². The molecule has 0 aliphatic carbocycles. The molecule has 1 aliphatic rings. The first-order chi connectivity index (χ1) is 8.91. The highest BCUT2D eigenvalue weighted by Crippen LogP contribution is 2.37. The van der Waals surface area contributed by atoms with Crippen LogP contribution in [0.3, 0.4) is 0 Å². The van der Waals surface area contributed by atoms with Crippen LogP contribution < -0.4 is 10.6 Å². The molecule has 0 saturated carbocycles. The molecule has 0 bridgehead atoms. The average Bonchev–Trinajstić information content (AvgIpc) is 2.77. The van der Waals surface area contributed by atoms with Crippen LogP contribution in [0.5, 0.6) is 0 Å². The molecule has 3 N–H and O–H groups in total. The van der Waals surface area contributed by atoms with E-state index in [2.05, 4.69) is 34.7 Å². The monoisotopic (exact) mass is 326 g/mol. The summed E-state index contributed by atoms with van der Waals surface area (Å²) in [5.74, 6) is -0.438. The van der Waals surface area contributed by atoms with Gasteiger partial charge < -0.3 is 15.7 Å². The maximum absolute atomic E-state index is 11.2. The fourth-order valence-electron chi connectivity index (χ4n) is 2.77. The number of anilines is 2. The van der Waals surface area contributed by atoms with Crippen molar-refractivity contribution in [2.75, 3.05) is 17.2 Å². The van der Waals surface area contributed by atoms with Gasteiger partial charge in [0.25, 0.3) is 0 Å². The molecule has 0 amide bonds. The van der Waals surface area contributed by atoms with Crippen molar-refractivity contribution < 1.29 is 9.90 Å². The highest BCUT2D eigenvalue weighted by Gasteiger charge is 2.29. The Balaban J connectivity index is 2.44. The number of hydrogen-bond donors (Lipinski definition) is 2. The van der Waals surface area contributed by atoms with Gasteiger partial charge in [0, 0.05) is 22.7 Å². The molecular weight excluding hydrogens is 308 g/mol. The summed E-state index contributed by atoms with van der Waals surface area (Å²) in [5, 5.41) is 9.19. The van der Waals surface area contributed by atoms with Gasteiger partial charge in [-0.15, -0.1) is 0 Å². The van der Waals surface area contributed by atoms with Crippen LogP contribution in [-0.2, 0) is 0 Å². The van der Waals surface area contributed by atoms with Gasteiger partial charge in [0.05, 0.1) is 11.3 Å². The minimum absolute atomic E-state index is 0.174. The molecule has 5 heteroatoms. The predicted molar refractivity (Wildman–Crippen MR) is 80.7 cm³/mol. The van der Waals surface area contributed by atoms with Gasteiger partial charge in [0.15, 0.2) is 0 Å². The third-order valence-electron chi connectivity index (χ3n) is 3.73. The molecule has 2 rings (SSSR count). The second kappa shape index (κ2) is 5.41. The SMILES string of the molecule is CC(C)C1CCCN1c1cc(C(=O)O)c(N)cc1Br. The number of rotatable bonds is 3. The average molecular weight is 327 g/mol. The van der Waals surface area contributed by atoms with E-state index in [9.17, 15) is 9.90 Å². The number of benzene rings is 1. The molecule has 0 spiro atoms. The number of carboxylic acids is 1. The number of halogens is 1. The van der Waals surface area contributed by atoms with Crippen molar-refractivity contribution in [2.24, 2.45) is 5.92 Å². The van der Waals surface area contributed by atoms with E-state index >= 15 is 0 Å². The molecule has 104 valence electrons. The molecule has 1 heterocycles. The van der Waals surface area contributed by atoms with Crippen LogP contribution in [0.1, 0.15) is 37.0 Å². The summed E-state index contributed by atoms with van der Waals surface area (Å²) >= 11 is 3.50. The zero-order valence-corrected chi connectivity index (χ0v) is 12.8. The Kier molecular flexibility index (Phi) is 4.04. The number of aromatic carboxylic acids is 1. The molecule has 0 aromatic heterocycles. The zero-order chi connectivity index (χ0) is 14.2. The van der Waals surface area contributed by atoms with Crippen molar-refractivity contribution >= 4 is 33.3 Å². The zero-order valence-electron chi connectivity index (χ0n) is 11.2. The van der Waals surface area contributed by atoms with E-state index in [0.29, 0.717) is 17.6 Å². The minimum Gasteiger partial charge on any atom is -0.478 e. The Morgan fingerprint density at radius 3 is 2.79 bits per heavy atom. The van der Waals surface area contributed by atoms with Crippen molar-refractivity contribution in [1.82, 2.24) is 0 Å². The van der Waals surface area contributed by atoms with Crippen LogP contribution in [0.25, 0.3) is 0 Å². The molecule has 1 fully saturated rings. The van der Waals surface area contributed by atoms with E-state index < -0.39 is 5.97 Å². The summed E-state index contributed by atoms with van der Waals surface area (Å²) in [4.78, 5) is 13.5. The van der Waals surface area contributed by atoms with Crippen LogP contribution in [0.2, 0.25) is 0 Å². The summed E-state index contributed by atoms with van der Waals surface area (Å²) in [6, 6.07) is 3.83. The largest absolute Gasteiger partial charge is 0.478 e. The number of hydrogen-bond acceptors (Lipinski definition) is 3. The van der Waals surface area contributed by atoms with Gasteiger partial charge in [-0.25, -0.2) is 4.79 Å². The van der Waals surface area contributed by atoms with Crippen LogP contribution in [0.4, 0.5) is 11.4 Å². The van der Waals surface area contributed by atoms with Crippen molar-refractivity contribution in [1.29, 1.82) is 0 Å². The van der Waals surface area contributed by atoms with Gasteiger partial charge in [0.1, 0.15) is 0 Å². The molecule has 1 aliphatic heterocycles. The van der Waals surface area contributed by atoms with Gasteiger partial charge in [-0.1, -0.05) is 13.8 Å². The predicted octanol–water partition coefficient (Wildman–Crippen LogP) is 3.35. The van der Waals surface area contributed by atoms with E-state index in [4.69, 9.17) is 5.73 Å². The summed E-state index contributed by atoms with van der Waals surface area (Å²) in [5.41, 5.74) is 7.16. The molecule has 0 radical (unpaired) electrons.